The average Bonchev–Trinajstić information content (AvgIpc) is 3.28. The third-order valence-electron chi connectivity index (χ3n) is 5.02. The minimum Gasteiger partial charge on any atom is -0.366 e. The maximum absolute atomic E-state index is 8.00. The fourth-order valence-electron chi connectivity index (χ4n) is 3.26. The van der Waals surface area contributed by atoms with Crippen LogP contribution in [0.4, 0.5) is 15.0 Å². The molecule has 4 aromatic rings. The number of aromatic amines is 1. The molecule has 5 nitrogen and oxygen atoms in total. The van der Waals surface area contributed by atoms with Gasteiger partial charge in [0.15, 0.2) is 0 Å². The van der Waals surface area contributed by atoms with Crippen molar-refractivity contribution >= 4 is 16.9 Å². The largest absolute Gasteiger partial charge is 0.366 e. The van der Waals surface area contributed by atoms with E-state index in [0.717, 1.165) is 48.5 Å². The van der Waals surface area contributed by atoms with Crippen molar-refractivity contribution in [2.75, 3.05) is 5.32 Å². The Morgan fingerprint density at radius 3 is 2.19 bits per heavy atom. The molecule has 4 heterocycles. The van der Waals surface area contributed by atoms with Crippen LogP contribution in [0.25, 0.3) is 11.0 Å². The molecule has 170 valence electrons. The van der Waals surface area contributed by atoms with Gasteiger partial charge < -0.3 is 10.3 Å². The first-order valence-electron chi connectivity index (χ1n) is 11.0. The molecular formula is C25H31F2N5. The van der Waals surface area contributed by atoms with Crippen LogP contribution in [0, 0.1) is 0 Å². The van der Waals surface area contributed by atoms with Gasteiger partial charge >= 0.3 is 0 Å². The lowest BCUT2D eigenvalue weighted by molar-refractivity contribution is 0.108. The molecule has 0 fully saturated rings. The molecule has 0 saturated carbocycles. The van der Waals surface area contributed by atoms with Crippen LogP contribution >= 0.6 is 0 Å². The van der Waals surface area contributed by atoms with Gasteiger partial charge in [-0.3, -0.25) is 4.98 Å². The van der Waals surface area contributed by atoms with E-state index < -0.39 is 0 Å². The Labute approximate surface area is 188 Å². The lowest BCUT2D eigenvalue weighted by atomic mass is 10.1. The number of aromatic nitrogens is 4. The van der Waals surface area contributed by atoms with E-state index in [1.54, 1.807) is 0 Å². The summed E-state index contributed by atoms with van der Waals surface area (Å²) < 4.78 is 16.0. The highest BCUT2D eigenvalue weighted by atomic mass is 20.0. The second-order valence-corrected chi connectivity index (χ2v) is 7.00. The number of hydrogen-bond donors (Lipinski definition) is 2. The molecule has 4 rings (SSSR count). The highest BCUT2D eigenvalue weighted by Gasteiger charge is 2.07. The van der Waals surface area contributed by atoms with Crippen LogP contribution in [0.5, 0.6) is 0 Å². The Morgan fingerprint density at radius 1 is 0.844 bits per heavy atom. The highest BCUT2D eigenvalue weighted by Crippen LogP contribution is 2.21. The number of fused-ring (bicyclic) bond motifs is 1. The third-order valence-corrected chi connectivity index (χ3v) is 5.02. The molecule has 0 radical (unpaired) electrons. The zero-order valence-corrected chi connectivity index (χ0v) is 19.1. The first-order valence-corrected chi connectivity index (χ1v) is 11.0. The molecule has 4 aromatic heterocycles. The van der Waals surface area contributed by atoms with Crippen LogP contribution in [0.1, 0.15) is 55.6 Å². The summed E-state index contributed by atoms with van der Waals surface area (Å²) in [6.45, 7) is 8.98. The number of nitrogens with zero attached hydrogens (tertiary/aromatic N) is 3. The summed E-state index contributed by atoms with van der Waals surface area (Å²) in [6, 6.07) is 10.6. The summed E-state index contributed by atoms with van der Waals surface area (Å²) in [6.07, 6.45) is 10.7. The fraction of sp³-hybridized carbons (Fsp3) is 0.320. The standard InChI is InChI=1S/C23H25N5.C2H6.F2/c1-3-16-10-21-19(15-28-23(21)27-11-16)9-17-6-8-22(25-12-17)26-14-18-5-7-20(4-2)24-13-18;2*1-2/h5-8,10-13,15H,3-4,9,14H2,1-2H3,(H,25,26)(H,27,28);1-2H3;. The summed E-state index contributed by atoms with van der Waals surface area (Å²) in [5.74, 6) is 0.872. The smallest absolute Gasteiger partial charge is 0.137 e. The van der Waals surface area contributed by atoms with Crippen LogP contribution in [0.2, 0.25) is 0 Å². The van der Waals surface area contributed by atoms with Gasteiger partial charge in [-0.1, -0.05) is 39.8 Å². The molecule has 0 aliphatic heterocycles. The average molecular weight is 440 g/mol. The van der Waals surface area contributed by atoms with Crippen molar-refractivity contribution in [3.05, 3.63) is 83.1 Å². The highest BCUT2D eigenvalue weighted by molar-refractivity contribution is 5.80. The molecule has 0 unspecified atom stereocenters. The number of hydrogen-bond acceptors (Lipinski definition) is 4. The Balaban J connectivity index is 0.000000860. The minimum absolute atomic E-state index is 0.719. The maximum atomic E-state index is 8.00. The molecule has 0 aliphatic rings. The number of anilines is 1. The maximum Gasteiger partial charge on any atom is 0.137 e. The van der Waals surface area contributed by atoms with Crippen LogP contribution in [-0.4, -0.2) is 19.9 Å². The molecule has 7 heteroatoms. The van der Waals surface area contributed by atoms with Crippen molar-refractivity contribution in [1.29, 1.82) is 0 Å². The quantitative estimate of drug-likeness (QED) is 0.343. The number of pyridine rings is 3. The van der Waals surface area contributed by atoms with E-state index in [4.69, 9.17) is 9.15 Å². The Bertz CT molecular complexity index is 1060. The zero-order valence-electron chi connectivity index (χ0n) is 19.1. The van der Waals surface area contributed by atoms with Crippen molar-refractivity contribution in [1.82, 2.24) is 19.9 Å². The lowest BCUT2D eigenvalue weighted by Gasteiger charge is -2.07. The van der Waals surface area contributed by atoms with Gasteiger partial charge in [0.05, 0.1) is 0 Å². The molecule has 0 aliphatic carbocycles. The Morgan fingerprint density at radius 2 is 1.56 bits per heavy atom. The summed E-state index contributed by atoms with van der Waals surface area (Å²) in [7, 11) is 0. The zero-order chi connectivity index (χ0) is 23.3. The van der Waals surface area contributed by atoms with E-state index in [-0.39, 0.29) is 0 Å². The van der Waals surface area contributed by atoms with E-state index in [1.165, 1.54) is 22.1 Å². The number of halogens is 2. The molecule has 0 atom stereocenters. The van der Waals surface area contributed by atoms with E-state index in [9.17, 15) is 0 Å². The second kappa shape index (κ2) is 13.1. The van der Waals surface area contributed by atoms with Gasteiger partial charge in [0, 0.05) is 58.0 Å². The van der Waals surface area contributed by atoms with Crippen LogP contribution < -0.4 is 5.32 Å². The Kier molecular flexibility index (Phi) is 10.2. The monoisotopic (exact) mass is 439 g/mol. The number of H-pyrrole nitrogens is 1. The van der Waals surface area contributed by atoms with Crippen molar-refractivity contribution < 1.29 is 9.15 Å². The first kappa shape index (κ1) is 24.9. The molecule has 32 heavy (non-hydrogen) atoms. The number of nitrogens with one attached hydrogen (secondary N) is 2. The molecule has 0 spiro atoms. The van der Waals surface area contributed by atoms with E-state index in [1.807, 2.05) is 38.5 Å². The van der Waals surface area contributed by atoms with E-state index in [2.05, 4.69) is 69.6 Å². The molecular weight excluding hydrogens is 408 g/mol. The van der Waals surface area contributed by atoms with E-state index in [0.29, 0.717) is 0 Å². The van der Waals surface area contributed by atoms with Crippen molar-refractivity contribution in [3.8, 4) is 0 Å². The van der Waals surface area contributed by atoms with Gasteiger partial charge in [0.25, 0.3) is 0 Å². The number of aryl methyl sites for hydroxylation is 2. The molecule has 0 amide bonds. The first-order chi connectivity index (χ1) is 15.7. The molecule has 0 aromatic carbocycles. The predicted octanol–water partition coefficient (Wildman–Crippen LogP) is 6.55. The summed E-state index contributed by atoms with van der Waals surface area (Å²) >= 11 is 0. The molecule has 2 N–H and O–H groups in total. The predicted molar refractivity (Wildman–Crippen MR) is 127 cm³/mol. The molecule has 0 bridgehead atoms. The van der Waals surface area contributed by atoms with Crippen LogP contribution in [0.3, 0.4) is 0 Å². The third kappa shape index (κ3) is 6.57. The SMILES string of the molecule is CC.CCc1cnc2[nH]cc(Cc3ccc(NCc4ccc(CC)nc4)nc3)c2c1.FF. The lowest BCUT2D eigenvalue weighted by Crippen LogP contribution is -2.02. The van der Waals surface area contributed by atoms with Crippen LogP contribution in [-0.2, 0) is 25.8 Å². The number of rotatable bonds is 7. The minimum atomic E-state index is 0.719. The van der Waals surface area contributed by atoms with Crippen molar-refractivity contribution in [3.63, 3.8) is 0 Å². The van der Waals surface area contributed by atoms with Gasteiger partial charge in [-0.15, -0.1) is 0 Å². The summed E-state index contributed by atoms with van der Waals surface area (Å²) in [4.78, 5) is 16.8. The topological polar surface area (TPSA) is 66.5 Å². The van der Waals surface area contributed by atoms with Crippen molar-refractivity contribution in [2.45, 2.75) is 53.5 Å². The van der Waals surface area contributed by atoms with Gasteiger partial charge in [0.1, 0.15) is 11.5 Å². The van der Waals surface area contributed by atoms with Gasteiger partial charge in [-0.05, 0) is 53.3 Å². The van der Waals surface area contributed by atoms with Crippen molar-refractivity contribution in [2.24, 2.45) is 0 Å². The van der Waals surface area contributed by atoms with Gasteiger partial charge in [-0.2, -0.15) is 0 Å². The Hall–Kier alpha value is -3.35. The summed E-state index contributed by atoms with van der Waals surface area (Å²) in [5, 5.41) is 4.56. The second-order valence-electron chi connectivity index (χ2n) is 7.00. The van der Waals surface area contributed by atoms with Gasteiger partial charge in [0.2, 0.25) is 0 Å². The van der Waals surface area contributed by atoms with Gasteiger partial charge in [-0.25, -0.2) is 9.97 Å². The normalized spacial score (nSPS) is 10.1. The molecule has 0 saturated heterocycles. The van der Waals surface area contributed by atoms with E-state index >= 15 is 0 Å². The fourth-order valence-corrected chi connectivity index (χ4v) is 3.26. The summed E-state index contributed by atoms with van der Waals surface area (Å²) in [5.41, 5.74) is 6.91. The van der Waals surface area contributed by atoms with Crippen LogP contribution in [0.15, 0.2) is 55.1 Å².